The lowest BCUT2D eigenvalue weighted by atomic mass is 10.1. The second-order valence-corrected chi connectivity index (χ2v) is 8.93. The Morgan fingerprint density at radius 1 is 1.03 bits per heavy atom. The maximum atomic E-state index is 13.9. The van der Waals surface area contributed by atoms with Crippen molar-refractivity contribution in [3.8, 4) is 17.8 Å². The molecule has 1 fully saturated rings. The Morgan fingerprint density at radius 2 is 1.81 bits per heavy atom. The molecule has 1 aliphatic rings. The summed E-state index contributed by atoms with van der Waals surface area (Å²) in [4.78, 5) is 15.1. The van der Waals surface area contributed by atoms with Crippen molar-refractivity contribution in [1.82, 2.24) is 19.9 Å². The molecule has 190 valence electrons. The van der Waals surface area contributed by atoms with Crippen molar-refractivity contribution >= 4 is 16.6 Å². The molecule has 7 nitrogen and oxygen atoms in total. The summed E-state index contributed by atoms with van der Waals surface area (Å²) in [6.45, 7) is 3.22. The third-order valence-electron chi connectivity index (χ3n) is 6.55. The number of nitrogens with zero attached hydrogens (tertiary/aromatic N) is 5. The molecular weight excluding hydrogens is 481 g/mol. The van der Waals surface area contributed by atoms with Crippen molar-refractivity contribution in [2.75, 3.05) is 37.6 Å². The third-order valence-corrected chi connectivity index (χ3v) is 6.55. The molecule has 2 aromatic carbocycles. The van der Waals surface area contributed by atoms with Crippen LogP contribution in [0.15, 0.2) is 61.1 Å². The molecule has 0 spiro atoms. The van der Waals surface area contributed by atoms with Crippen LogP contribution in [0.5, 0.6) is 11.8 Å². The average molecular weight is 507 g/mol. The first-order chi connectivity index (χ1) is 17.9. The lowest BCUT2D eigenvalue weighted by molar-refractivity contribution is -0.137. The van der Waals surface area contributed by atoms with E-state index in [0.717, 1.165) is 36.4 Å². The van der Waals surface area contributed by atoms with Gasteiger partial charge in [0, 0.05) is 61.4 Å². The minimum absolute atomic E-state index is 0.00451. The number of halogens is 3. The van der Waals surface area contributed by atoms with E-state index >= 15 is 0 Å². The summed E-state index contributed by atoms with van der Waals surface area (Å²) in [6.07, 6.45) is 2.18. The van der Waals surface area contributed by atoms with Crippen molar-refractivity contribution in [1.29, 1.82) is 5.26 Å². The minimum atomic E-state index is -4.52. The molecule has 0 unspecified atom stereocenters. The van der Waals surface area contributed by atoms with Gasteiger partial charge in [0.1, 0.15) is 5.75 Å². The van der Waals surface area contributed by atoms with E-state index in [1.807, 2.05) is 18.3 Å². The second-order valence-electron chi connectivity index (χ2n) is 8.93. The second kappa shape index (κ2) is 10.5. The highest BCUT2D eigenvalue weighted by Crippen LogP contribution is 2.39. The molecule has 0 atom stereocenters. The number of rotatable bonds is 7. The number of nitrogens with one attached hydrogen (secondary N) is 1. The molecule has 0 saturated carbocycles. The highest BCUT2D eigenvalue weighted by Gasteiger charge is 2.36. The monoisotopic (exact) mass is 506 g/mol. The van der Waals surface area contributed by atoms with Crippen molar-refractivity contribution in [2.24, 2.45) is 0 Å². The number of benzene rings is 2. The highest BCUT2D eigenvalue weighted by molar-refractivity contribution is 5.84. The summed E-state index contributed by atoms with van der Waals surface area (Å²) in [5.74, 6) is 0.0417. The normalized spacial score (nSPS) is 14.6. The predicted molar refractivity (Wildman–Crippen MR) is 134 cm³/mol. The molecule has 0 radical (unpaired) electrons. The van der Waals surface area contributed by atoms with Crippen LogP contribution in [0.25, 0.3) is 10.9 Å². The summed E-state index contributed by atoms with van der Waals surface area (Å²) in [5, 5.41) is 10.2. The Bertz CT molecular complexity index is 1410. The van der Waals surface area contributed by atoms with Crippen LogP contribution < -0.4 is 9.64 Å². The number of hydrogen-bond donors (Lipinski definition) is 1. The predicted octanol–water partition coefficient (Wildman–Crippen LogP) is 5.40. The number of aromatic nitrogens is 3. The van der Waals surface area contributed by atoms with Gasteiger partial charge in [0.2, 0.25) is 0 Å². The number of fused-ring (bicyclic) bond motifs is 1. The van der Waals surface area contributed by atoms with Crippen molar-refractivity contribution in [3.63, 3.8) is 0 Å². The molecule has 1 aliphatic heterocycles. The van der Waals surface area contributed by atoms with Gasteiger partial charge in [-0.3, -0.25) is 4.90 Å². The summed E-state index contributed by atoms with van der Waals surface area (Å²) in [5.41, 5.74) is 2.24. The van der Waals surface area contributed by atoms with Gasteiger partial charge in [0.15, 0.2) is 0 Å². The Labute approximate surface area is 212 Å². The van der Waals surface area contributed by atoms with E-state index in [2.05, 4.69) is 25.9 Å². The lowest BCUT2D eigenvalue weighted by Crippen LogP contribution is -2.47. The lowest BCUT2D eigenvalue weighted by Gasteiger charge is -2.37. The number of nitriles is 1. The molecule has 0 bridgehead atoms. The summed E-state index contributed by atoms with van der Waals surface area (Å²) < 4.78 is 47.2. The molecule has 4 aromatic rings. The van der Waals surface area contributed by atoms with Crippen LogP contribution in [0.3, 0.4) is 0 Å². The number of anilines is 1. The highest BCUT2D eigenvalue weighted by atomic mass is 19.4. The first kappa shape index (κ1) is 24.6. The standard InChI is InChI=1S/C27H25F3N6O/c28-27(29,30)23-16-21(37-26-32-8-2-9-33-26)5-7-25(23)36-13-11-35(12-14-36)10-1-3-20-18-34-24-6-4-19(17-31)15-22(20)24/h2,4-9,15-16,18,34H,1,3,10-14H2. The van der Waals surface area contributed by atoms with Gasteiger partial charge in [-0.1, -0.05) is 0 Å². The molecule has 0 aliphatic carbocycles. The van der Waals surface area contributed by atoms with Gasteiger partial charge in [-0.2, -0.15) is 18.4 Å². The molecule has 10 heteroatoms. The molecule has 1 N–H and O–H groups in total. The van der Waals surface area contributed by atoms with Gasteiger partial charge in [-0.25, -0.2) is 9.97 Å². The van der Waals surface area contributed by atoms with Gasteiger partial charge in [-0.15, -0.1) is 0 Å². The fourth-order valence-electron chi connectivity index (χ4n) is 4.69. The third kappa shape index (κ3) is 5.67. The van der Waals surface area contributed by atoms with Gasteiger partial charge >= 0.3 is 12.2 Å². The van der Waals surface area contributed by atoms with Crippen LogP contribution in [0, 0.1) is 11.3 Å². The molecule has 1 saturated heterocycles. The molecule has 0 amide bonds. The average Bonchev–Trinajstić information content (AvgIpc) is 3.31. The SMILES string of the molecule is N#Cc1ccc2[nH]cc(CCCN3CCN(c4ccc(Oc5ncccn5)cc4C(F)(F)F)CC3)c2c1. The van der Waals surface area contributed by atoms with E-state index in [1.54, 1.807) is 17.0 Å². The summed E-state index contributed by atoms with van der Waals surface area (Å²) >= 11 is 0. The van der Waals surface area contributed by atoms with E-state index in [-0.39, 0.29) is 17.4 Å². The van der Waals surface area contributed by atoms with Gasteiger partial charge < -0.3 is 14.6 Å². The van der Waals surface area contributed by atoms with E-state index in [4.69, 9.17) is 10.00 Å². The van der Waals surface area contributed by atoms with E-state index in [1.165, 1.54) is 30.1 Å². The fraction of sp³-hybridized carbons (Fsp3) is 0.296. The van der Waals surface area contributed by atoms with Crippen LogP contribution in [-0.2, 0) is 12.6 Å². The van der Waals surface area contributed by atoms with E-state index < -0.39 is 11.7 Å². The first-order valence-corrected chi connectivity index (χ1v) is 12.0. The van der Waals surface area contributed by atoms with Crippen molar-refractivity contribution in [3.05, 3.63) is 77.7 Å². The number of piperazine rings is 1. The number of alkyl halides is 3. The number of aromatic amines is 1. The fourth-order valence-corrected chi connectivity index (χ4v) is 4.69. The van der Waals surface area contributed by atoms with Crippen molar-refractivity contribution < 1.29 is 17.9 Å². The Morgan fingerprint density at radius 3 is 2.54 bits per heavy atom. The van der Waals surface area contributed by atoms with Crippen LogP contribution in [0.1, 0.15) is 23.1 Å². The van der Waals surface area contributed by atoms with Gasteiger partial charge in [0.25, 0.3) is 0 Å². The molecule has 5 rings (SSSR count). The Kier molecular flexibility index (Phi) is 6.97. The van der Waals surface area contributed by atoms with Crippen LogP contribution in [0.4, 0.5) is 18.9 Å². The van der Waals surface area contributed by atoms with E-state index in [9.17, 15) is 13.2 Å². The van der Waals surface area contributed by atoms with Crippen LogP contribution in [0.2, 0.25) is 0 Å². The van der Waals surface area contributed by atoms with Crippen LogP contribution in [-0.4, -0.2) is 52.6 Å². The quantitative estimate of drug-likeness (QED) is 0.362. The molecule has 37 heavy (non-hydrogen) atoms. The number of hydrogen-bond acceptors (Lipinski definition) is 6. The molecule has 2 aromatic heterocycles. The Balaban J connectivity index is 1.19. The molecular formula is C27H25F3N6O. The maximum absolute atomic E-state index is 13.9. The van der Waals surface area contributed by atoms with Gasteiger partial charge in [-0.05, 0) is 67.4 Å². The molecule has 3 heterocycles. The number of aryl methyl sites for hydroxylation is 1. The zero-order chi connectivity index (χ0) is 25.8. The first-order valence-electron chi connectivity index (χ1n) is 12.0. The minimum Gasteiger partial charge on any atom is -0.424 e. The number of H-pyrrole nitrogens is 1. The summed E-state index contributed by atoms with van der Waals surface area (Å²) in [6, 6.07) is 13.4. The van der Waals surface area contributed by atoms with Gasteiger partial charge in [0.05, 0.1) is 17.2 Å². The zero-order valence-corrected chi connectivity index (χ0v) is 20.0. The summed E-state index contributed by atoms with van der Waals surface area (Å²) in [7, 11) is 0. The smallest absolute Gasteiger partial charge is 0.418 e. The Hall–Kier alpha value is -4.10. The van der Waals surface area contributed by atoms with E-state index in [0.29, 0.717) is 31.7 Å². The van der Waals surface area contributed by atoms with Crippen molar-refractivity contribution in [2.45, 2.75) is 19.0 Å². The maximum Gasteiger partial charge on any atom is 0.418 e. The zero-order valence-electron chi connectivity index (χ0n) is 20.0. The number of ether oxygens (including phenoxy) is 1. The van der Waals surface area contributed by atoms with Crippen LogP contribution >= 0.6 is 0 Å². The largest absolute Gasteiger partial charge is 0.424 e. The topological polar surface area (TPSA) is 81.1 Å².